The van der Waals surface area contributed by atoms with Gasteiger partial charge in [0.05, 0.1) is 18.6 Å². The first-order valence-corrected chi connectivity index (χ1v) is 7.95. The van der Waals surface area contributed by atoms with Crippen LogP contribution in [0.25, 0.3) is 0 Å². The summed E-state index contributed by atoms with van der Waals surface area (Å²) in [6.07, 6.45) is 6.18. The summed E-state index contributed by atoms with van der Waals surface area (Å²) in [5.41, 5.74) is 0. The van der Waals surface area contributed by atoms with Gasteiger partial charge in [-0.15, -0.1) is 0 Å². The van der Waals surface area contributed by atoms with Crippen LogP contribution in [0.3, 0.4) is 0 Å². The molecular formula is C16H32O3. The molecule has 0 aromatic rings. The van der Waals surface area contributed by atoms with Crippen molar-refractivity contribution in [1.29, 1.82) is 0 Å². The maximum Gasteiger partial charge on any atom is 0.308 e. The standard InChI is InChI=1S/C16H32O3/c1-5-9-11-13(7-3)16(18)19-12-14(8-4)15(17)10-6-2/h13-15,17H,5-12H2,1-4H3. The largest absolute Gasteiger partial charge is 0.465 e. The molecule has 0 spiro atoms. The van der Waals surface area contributed by atoms with Gasteiger partial charge in [-0.3, -0.25) is 4.79 Å². The van der Waals surface area contributed by atoms with Crippen molar-refractivity contribution in [3.05, 3.63) is 0 Å². The average Bonchev–Trinajstić information content (AvgIpc) is 2.40. The number of rotatable bonds is 11. The molecule has 0 heterocycles. The molecule has 0 bridgehead atoms. The second-order valence-corrected chi connectivity index (χ2v) is 5.40. The molecule has 3 unspecified atom stereocenters. The van der Waals surface area contributed by atoms with E-state index in [0.29, 0.717) is 6.61 Å². The summed E-state index contributed by atoms with van der Waals surface area (Å²) in [5.74, 6) is 0.0199. The van der Waals surface area contributed by atoms with Gasteiger partial charge in [-0.2, -0.15) is 0 Å². The number of aliphatic hydroxyl groups excluding tert-OH is 1. The molecule has 0 aliphatic carbocycles. The summed E-state index contributed by atoms with van der Waals surface area (Å²) >= 11 is 0. The van der Waals surface area contributed by atoms with E-state index in [0.717, 1.165) is 44.9 Å². The van der Waals surface area contributed by atoms with Gasteiger partial charge in [0.2, 0.25) is 0 Å². The Hall–Kier alpha value is -0.570. The number of unbranched alkanes of at least 4 members (excludes halogenated alkanes) is 1. The van der Waals surface area contributed by atoms with Crippen LogP contribution in [0.2, 0.25) is 0 Å². The molecule has 0 aliphatic rings. The number of esters is 1. The number of hydrogen-bond acceptors (Lipinski definition) is 3. The van der Waals surface area contributed by atoms with Crippen LogP contribution >= 0.6 is 0 Å². The smallest absolute Gasteiger partial charge is 0.308 e. The summed E-state index contributed by atoms with van der Waals surface area (Å²) < 4.78 is 5.41. The lowest BCUT2D eigenvalue weighted by Crippen LogP contribution is -2.27. The van der Waals surface area contributed by atoms with E-state index in [4.69, 9.17) is 4.74 Å². The van der Waals surface area contributed by atoms with Gasteiger partial charge in [-0.05, 0) is 25.7 Å². The zero-order chi connectivity index (χ0) is 14.7. The van der Waals surface area contributed by atoms with Crippen molar-refractivity contribution >= 4 is 5.97 Å². The topological polar surface area (TPSA) is 46.5 Å². The minimum absolute atomic E-state index is 0.0285. The van der Waals surface area contributed by atoms with Crippen molar-refractivity contribution in [2.24, 2.45) is 11.8 Å². The van der Waals surface area contributed by atoms with Crippen LogP contribution in [0.5, 0.6) is 0 Å². The molecule has 0 aromatic heterocycles. The van der Waals surface area contributed by atoms with Gasteiger partial charge < -0.3 is 9.84 Å². The fraction of sp³-hybridized carbons (Fsp3) is 0.938. The highest BCUT2D eigenvalue weighted by Crippen LogP contribution is 2.18. The van der Waals surface area contributed by atoms with Gasteiger partial charge in [-0.25, -0.2) is 0 Å². The Kier molecular flexibility index (Phi) is 10.9. The number of ether oxygens (including phenoxy) is 1. The predicted octanol–water partition coefficient (Wildman–Crippen LogP) is 3.93. The van der Waals surface area contributed by atoms with Crippen molar-refractivity contribution in [2.45, 2.75) is 78.7 Å². The van der Waals surface area contributed by atoms with E-state index < -0.39 is 0 Å². The fourth-order valence-corrected chi connectivity index (χ4v) is 2.28. The summed E-state index contributed by atoms with van der Waals surface area (Å²) in [4.78, 5) is 12.0. The molecule has 0 fully saturated rings. The molecule has 1 N–H and O–H groups in total. The minimum atomic E-state index is -0.349. The molecule has 0 rings (SSSR count). The van der Waals surface area contributed by atoms with E-state index in [1.807, 2.05) is 13.8 Å². The molecule has 3 nitrogen and oxygen atoms in total. The van der Waals surface area contributed by atoms with Crippen molar-refractivity contribution in [3.8, 4) is 0 Å². The van der Waals surface area contributed by atoms with Crippen LogP contribution in [-0.4, -0.2) is 23.8 Å². The summed E-state index contributed by atoms with van der Waals surface area (Å²) in [6.45, 7) is 8.61. The van der Waals surface area contributed by atoms with Crippen LogP contribution in [0, 0.1) is 11.8 Å². The quantitative estimate of drug-likeness (QED) is 0.580. The van der Waals surface area contributed by atoms with Gasteiger partial charge in [0.15, 0.2) is 0 Å². The minimum Gasteiger partial charge on any atom is -0.465 e. The molecule has 0 aromatic carbocycles. The molecule has 0 amide bonds. The zero-order valence-corrected chi connectivity index (χ0v) is 13.2. The maximum absolute atomic E-state index is 12.0. The van der Waals surface area contributed by atoms with E-state index in [1.165, 1.54) is 0 Å². The van der Waals surface area contributed by atoms with Crippen molar-refractivity contribution in [2.75, 3.05) is 6.61 Å². The molecule has 114 valence electrons. The van der Waals surface area contributed by atoms with Crippen LogP contribution in [0.15, 0.2) is 0 Å². The Morgan fingerprint density at radius 2 is 1.74 bits per heavy atom. The van der Waals surface area contributed by atoms with Crippen LogP contribution in [-0.2, 0) is 9.53 Å². The average molecular weight is 272 g/mol. The lowest BCUT2D eigenvalue weighted by molar-refractivity contribution is -0.151. The van der Waals surface area contributed by atoms with Crippen molar-refractivity contribution < 1.29 is 14.6 Å². The number of carbonyl (C=O) groups is 1. The van der Waals surface area contributed by atoms with E-state index in [1.54, 1.807) is 0 Å². The molecule has 0 saturated carbocycles. The molecule has 3 atom stereocenters. The fourth-order valence-electron chi connectivity index (χ4n) is 2.28. The number of carbonyl (C=O) groups excluding carboxylic acids is 1. The SMILES string of the molecule is CCCCC(CC)C(=O)OCC(CC)C(O)CCC. The molecule has 0 aliphatic heterocycles. The highest BCUT2D eigenvalue weighted by molar-refractivity contribution is 5.72. The van der Waals surface area contributed by atoms with E-state index >= 15 is 0 Å². The first-order valence-electron chi connectivity index (χ1n) is 7.95. The molecule has 0 radical (unpaired) electrons. The van der Waals surface area contributed by atoms with Gasteiger partial charge in [-0.1, -0.05) is 47.0 Å². The van der Waals surface area contributed by atoms with E-state index in [9.17, 15) is 9.90 Å². The Bertz CT molecular complexity index is 228. The predicted molar refractivity (Wildman–Crippen MR) is 79.0 cm³/mol. The Labute approximate surface area is 118 Å². The van der Waals surface area contributed by atoms with E-state index in [-0.39, 0.29) is 23.9 Å². The summed E-state index contributed by atoms with van der Waals surface area (Å²) in [5, 5.41) is 9.97. The Morgan fingerprint density at radius 1 is 1.05 bits per heavy atom. The number of aliphatic hydroxyl groups is 1. The molecule has 0 saturated heterocycles. The number of hydrogen-bond donors (Lipinski definition) is 1. The van der Waals surface area contributed by atoms with Gasteiger partial charge in [0, 0.05) is 5.92 Å². The lowest BCUT2D eigenvalue weighted by Gasteiger charge is -2.22. The second-order valence-electron chi connectivity index (χ2n) is 5.40. The zero-order valence-electron chi connectivity index (χ0n) is 13.2. The first kappa shape index (κ1) is 18.4. The third-order valence-electron chi connectivity index (χ3n) is 3.82. The first-order chi connectivity index (χ1) is 9.10. The molecular weight excluding hydrogens is 240 g/mol. The molecule has 19 heavy (non-hydrogen) atoms. The maximum atomic E-state index is 12.0. The third-order valence-corrected chi connectivity index (χ3v) is 3.82. The van der Waals surface area contributed by atoms with Crippen molar-refractivity contribution in [1.82, 2.24) is 0 Å². The van der Waals surface area contributed by atoms with Gasteiger partial charge in [0.25, 0.3) is 0 Å². The van der Waals surface area contributed by atoms with Crippen LogP contribution in [0.1, 0.15) is 72.6 Å². The Morgan fingerprint density at radius 3 is 2.21 bits per heavy atom. The van der Waals surface area contributed by atoms with Gasteiger partial charge >= 0.3 is 5.97 Å². The molecule has 3 heteroatoms. The van der Waals surface area contributed by atoms with E-state index in [2.05, 4.69) is 13.8 Å². The van der Waals surface area contributed by atoms with Crippen molar-refractivity contribution in [3.63, 3.8) is 0 Å². The van der Waals surface area contributed by atoms with Crippen LogP contribution in [0.4, 0.5) is 0 Å². The van der Waals surface area contributed by atoms with Crippen LogP contribution < -0.4 is 0 Å². The third kappa shape index (κ3) is 7.56. The highest BCUT2D eigenvalue weighted by Gasteiger charge is 2.22. The normalized spacial score (nSPS) is 15.8. The second kappa shape index (κ2) is 11.3. The Balaban J connectivity index is 4.15. The summed E-state index contributed by atoms with van der Waals surface area (Å²) in [6, 6.07) is 0. The summed E-state index contributed by atoms with van der Waals surface area (Å²) in [7, 11) is 0. The monoisotopic (exact) mass is 272 g/mol. The highest BCUT2D eigenvalue weighted by atomic mass is 16.5. The lowest BCUT2D eigenvalue weighted by atomic mass is 9.96. The van der Waals surface area contributed by atoms with Gasteiger partial charge in [0.1, 0.15) is 0 Å².